The van der Waals surface area contributed by atoms with Gasteiger partial charge in [-0.2, -0.15) is 0 Å². The Morgan fingerprint density at radius 3 is 2.71 bits per heavy atom. The molecule has 0 saturated carbocycles. The lowest BCUT2D eigenvalue weighted by Crippen LogP contribution is -2.43. The van der Waals surface area contributed by atoms with E-state index in [0.717, 1.165) is 5.75 Å². The van der Waals surface area contributed by atoms with Crippen molar-refractivity contribution in [2.75, 3.05) is 24.7 Å². The molecule has 7 heteroatoms. The number of sulfone groups is 1. The van der Waals surface area contributed by atoms with Crippen LogP contribution in [0.5, 0.6) is 5.75 Å². The van der Waals surface area contributed by atoms with E-state index in [-0.39, 0.29) is 29.0 Å². The van der Waals surface area contributed by atoms with Gasteiger partial charge in [-0.15, -0.1) is 0 Å². The zero-order chi connectivity index (χ0) is 17.8. The van der Waals surface area contributed by atoms with Gasteiger partial charge in [0.2, 0.25) is 0 Å². The summed E-state index contributed by atoms with van der Waals surface area (Å²) in [6, 6.07) is 7.26. The van der Waals surface area contributed by atoms with E-state index in [1.165, 1.54) is 5.56 Å². The number of nitrogens with one attached hydrogen (secondary N) is 2. The smallest absolute Gasteiger partial charge is 0.315 e. The van der Waals surface area contributed by atoms with E-state index in [4.69, 9.17) is 4.74 Å². The van der Waals surface area contributed by atoms with Gasteiger partial charge in [0, 0.05) is 6.04 Å². The Balaban J connectivity index is 1.70. The highest BCUT2D eigenvalue weighted by atomic mass is 32.2. The molecule has 0 bridgehead atoms. The fraction of sp³-hybridized carbons (Fsp3) is 0.588. The molecule has 1 fully saturated rings. The van der Waals surface area contributed by atoms with Crippen molar-refractivity contribution in [2.45, 2.75) is 38.6 Å². The van der Waals surface area contributed by atoms with Crippen molar-refractivity contribution in [3.8, 4) is 5.75 Å². The molecule has 1 aromatic carbocycles. The van der Waals surface area contributed by atoms with Crippen LogP contribution in [0.1, 0.15) is 32.8 Å². The predicted octanol–water partition coefficient (Wildman–Crippen LogP) is 1.85. The van der Waals surface area contributed by atoms with Gasteiger partial charge in [-0.1, -0.05) is 32.9 Å². The van der Waals surface area contributed by atoms with Gasteiger partial charge in [0.15, 0.2) is 9.84 Å². The van der Waals surface area contributed by atoms with Crippen molar-refractivity contribution in [3.05, 3.63) is 29.8 Å². The lowest BCUT2D eigenvalue weighted by atomic mass is 9.87. The van der Waals surface area contributed by atoms with Crippen molar-refractivity contribution in [1.29, 1.82) is 0 Å². The molecular formula is C17H26N2O4S. The first-order valence-corrected chi connectivity index (χ1v) is 9.96. The molecule has 1 aliphatic rings. The molecule has 0 aliphatic carbocycles. The summed E-state index contributed by atoms with van der Waals surface area (Å²) in [5, 5.41) is 5.36. The molecule has 1 unspecified atom stereocenters. The molecule has 0 spiro atoms. The van der Waals surface area contributed by atoms with Crippen LogP contribution in [0.2, 0.25) is 0 Å². The molecule has 1 atom stereocenters. The number of carbonyl (C=O) groups is 1. The lowest BCUT2D eigenvalue weighted by molar-refractivity contribution is 0.233. The number of hydrogen-bond acceptors (Lipinski definition) is 4. The highest BCUT2D eigenvalue weighted by Gasteiger charge is 2.28. The number of ether oxygens (including phenoxy) is 1. The van der Waals surface area contributed by atoms with Gasteiger partial charge < -0.3 is 15.4 Å². The van der Waals surface area contributed by atoms with E-state index in [1.807, 2.05) is 18.2 Å². The van der Waals surface area contributed by atoms with Gasteiger partial charge in [0.05, 0.1) is 18.1 Å². The second kappa shape index (κ2) is 7.42. The van der Waals surface area contributed by atoms with Crippen LogP contribution < -0.4 is 15.4 Å². The Bertz CT molecular complexity index is 680. The van der Waals surface area contributed by atoms with Crippen molar-refractivity contribution >= 4 is 15.9 Å². The van der Waals surface area contributed by atoms with Crippen molar-refractivity contribution in [2.24, 2.45) is 0 Å². The Kier molecular flexibility index (Phi) is 5.74. The number of hydrogen-bond donors (Lipinski definition) is 2. The topological polar surface area (TPSA) is 84.5 Å². The number of benzene rings is 1. The summed E-state index contributed by atoms with van der Waals surface area (Å²) in [5.74, 6) is 0.938. The predicted molar refractivity (Wildman–Crippen MR) is 94.2 cm³/mol. The highest BCUT2D eigenvalue weighted by molar-refractivity contribution is 7.91. The van der Waals surface area contributed by atoms with Crippen molar-refractivity contribution in [3.63, 3.8) is 0 Å². The largest absolute Gasteiger partial charge is 0.492 e. The minimum absolute atomic E-state index is 0.0243. The van der Waals surface area contributed by atoms with E-state index >= 15 is 0 Å². The zero-order valence-corrected chi connectivity index (χ0v) is 15.3. The van der Waals surface area contributed by atoms with E-state index in [2.05, 4.69) is 37.5 Å². The summed E-state index contributed by atoms with van der Waals surface area (Å²) in [7, 11) is -2.99. The minimum atomic E-state index is -2.99. The first-order valence-electron chi connectivity index (χ1n) is 8.14. The van der Waals surface area contributed by atoms with Gasteiger partial charge in [-0.3, -0.25) is 0 Å². The van der Waals surface area contributed by atoms with Crippen molar-refractivity contribution in [1.82, 2.24) is 10.6 Å². The van der Waals surface area contributed by atoms with E-state index < -0.39 is 9.84 Å². The molecule has 2 rings (SSSR count). The molecule has 1 aromatic rings. The number of urea groups is 1. The summed E-state index contributed by atoms with van der Waals surface area (Å²) >= 11 is 0. The molecule has 6 nitrogen and oxygen atoms in total. The molecule has 1 aliphatic heterocycles. The van der Waals surface area contributed by atoms with Crippen LogP contribution in [0, 0.1) is 0 Å². The lowest BCUT2D eigenvalue weighted by Gasteiger charge is -2.19. The maximum Gasteiger partial charge on any atom is 0.315 e. The summed E-state index contributed by atoms with van der Waals surface area (Å²) in [6.45, 7) is 7.12. The van der Waals surface area contributed by atoms with Crippen molar-refractivity contribution < 1.29 is 17.9 Å². The molecule has 2 amide bonds. The van der Waals surface area contributed by atoms with Crippen LogP contribution in [0.25, 0.3) is 0 Å². The van der Waals surface area contributed by atoms with Crippen LogP contribution in [0.4, 0.5) is 4.79 Å². The highest BCUT2D eigenvalue weighted by Crippen LogP contribution is 2.25. The third-order valence-electron chi connectivity index (χ3n) is 3.92. The molecule has 24 heavy (non-hydrogen) atoms. The Morgan fingerprint density at radius 2 is 2.08 bits per heavy atom. The summed E-state index contributed by atoms with van der Waals surface area (Å²) < 4.78 is 28.3. The molecule has 0 radical (unpaired) electrons. The fourth-order valence-electron chi connectivity index (χ4n) is 2.53. The quantitative estimate of drug-likeness (QED) is 0.791. The van der Waals surface area contributed by atoms with Gasteiger partial charge in [-0.05, 0) is 29.5 Å². The van der Waals surface area contributed by atoms with Gasteiger partial charge >= 0.3 is 6.03 Å². The second-order valence-electron chi connectivity index (χ2n) is 7.13. The van der Waals surface area contributed by atoms with Crippen LogP contribution in [0.3, 0.4) is 0 Å². The van der Waals surface area contributed by atoms with Gasteiger partial charge in [-0.25, -0.2) is 13.2 Å². The third-order valence-corrected chi connectivity index (χ3v) is 5.69. The normalized spacial score (nSPS) is 19.7. The molecule has 0 aromatic heterocycles. The zero-order valence-electron chi connectivity index (χ0n) is 14.5. The number of amides is 2. The van der Waals surface area contributed by atoms with E-state index in [1.54, 1.807) is 0 Å². The molecule has 134 valence electrons. The Labute approximate surface area is 143 Å². The van der Waals surface area contributed by atoms with Gasteiger partial charge in [0.25, 0.3) is 0 Å². The summed E-state index contributed by atoms with van der Waals surface area (Å²) in [6.07, 6.45) is 0.478. The maximum atomic E-state index is 11.7. The monoisotopic (exact) mass is 354 g/mol. The van der Waals surface area contributed by atoms with Crippen LogP contribution in [-0.2, 0) is 15.3 Å². The second-order valence-corrected chi connectivity index (χ2v) is 9.36. The van der Waals surface area contributed by atoms with E-state index in [0.29, 0.717) is 19.6 Å². The standard InChI is InChI=1S/C17H26N2O4S/c1-17(2,3)13-5-4-6-15(11-13)23-9-8-18-16(20)19-14-7-10-24(21,22)12-14/h4-6,11,14H,7-10,12H2,1-3H3,(H2,18,19,20). The number of carbonyl (C=O) groups excluding carboxylic acids is 1. The average molecular weight is 354 g/mol. The molecular weight excluding hydrogens is 328 g/mol. The van der Waals surface area contributed by atoms with Gasteiger partial charge in [0.1, 0.15) is 12.4 Å². The summed E-state index contributed by atoms with van der Waals surface area (Å²) in [5.41, 5.74) is 1.24. The first-order chi connectivity index (χ1) is 11.2. The Hall–Kier alpha value is -1.76. The molecule has 2 N–H and O–H groups in total. The maximum absolute atomic E-state index is 11.7. The average Bonchev–Trinajstić information content (AvgIpc) is 2.82. The number of rotatable bonds is 5. The third kappa shape index (κ3) is 5.70. The van der Waals surface area contributed by atoms with Crippen LogP contribution in [-0.4, -0.2) is 45.1 Å². The van der Waals surface area contributed by atoms with E-state index in [9.17, 15) is 13.2 Å². The van der Waals surface area contributed by atoms with Crippen LogP contribution in [0.15, 0.2) is 24.3 Å². The fourth-order valence-corrected chi connectivity index (χ4v) is 4.20. The van der Waals surface area contributed by atoms with Crippen LogP contribution >= 0.6 is 0 Å². The minimum Gasteiger partial charge on any atom is -0.492 e. The summed E-state index contributed by atoms with van der Waals surface area (Å²) in [4.78, 5) is 11.7. The molecule has 1 heterocycles. The Morgan fingerprint density at radius 1 is 1.33 bits per heavy atom. The first kappa shape index (κ1) is 18.6. The SMILES string of the molecule is CC(C)(C)c1cccc(OCCNC(=O)NC2CCS(=O)(=O)C2)c1. The molecule has 1 saturated heterocycles.